The lowest BCUT2D eigenvalue weighted by Gasteiger charge is -1.93. The van der Waals surface area contributed by atoms with E-state index in [-0.39, 0.29) is 0 Å². The molecule has 0 atom stereocenters. The van der Waals surface area contributed by atoms with Crippen molar-refractivity contribution < 1.29 is 9.53 Å². The number of aromatic amines is 1. The molecule has 6 heteroatoms. The Labute approximate surface area is 90.4 Å². The lowest BCUT2D eigenvalue weighted by atomic mass is 10.3. The molecule has 1 N–H and O–H groups in total. The van der Waals surface area contributed by atoms with Gasteiger partial charge in [0.1, 0.15) is 22.3 Å². The van der Waals surface area contributed by atoms with E-state index in [0.29, 0.717) is 27.7 Å². The fourth-order valence-corrected chi connectivity index (χ4v) is 1.56. The maximum absolute atomic E-state index is 11.2. The number of hydrogen-bond acceptors (Lipinski definition) is 4. The van der Waals surface area contributed by atoms with E-state index < -0.39 is 5.97 Å². The Morgan fingerprint density at radius 3 is 2.93 bits per heavy atom. The maximum Gasteiger partial charge on any atom is 0.354 e. The van der Waals surface area contributed by atoms with Gasteiger partial charge in [0.25, 0.3) is 0 Å². The molecule has 0 unspecified atom stereocenters. The van der Waals surface area contributed by atoms with E-state index in [0.717, 1.165) is 0 Å². The fraction of sp³-hybridized carbons (Fsp3) is 0.222. The number of rotatable bonds is 1. The average molecular weight is 226 g/mol. The van der Waals surface area contributed by atoms with Crippen LogP contribution in [0.2, 0.25) is 5.15 Å². The summed E-state index contributed by atoms with van der Waals surface area (Å²) in [6.45, 7) is 1.73. The quantitative estimate of drug-likeness (QED) is 0.593. The molecular weight excluding hydrogens is 218 g/mol. The third kappa shape index (κ3) is 1.66. The largest absolute Gasteiger partial charge is 0.464 e. The lowest BCUT2D eigenvalue weighted by Crippen LogP contribution is -2.00. The number of esters is 1. The number of hydrogen-bond donors (Lipinski definition) is 1. The van der Waals surface area contributed by atoms with Gasteiger partial charge in [0.05, 0.1) is 12.5 Å². The summed E-state index contributed by atoms with van der Waals surface area (Å²) in [4.78, 5) is 22.1. The molecular formula is C9H8ClN3O2. The third-order valence-electron chi connectivity index (χ3n) is 1.96. The van der Waals surface area contributed by atoms with E-state index >= 15 is 0 Å². The van der Waals surface area contributed by atoms with E-state index in [1.165, 1.54) is 7.11 Å². The molecule has 0 aliphatic heterocycles. The normalized spacial score (nSPS) is 10.6. The Hall–Kier alpha value is -1.62. The third-order valence-corrected chi connectivity index (χ3v) is 2.25. The van der Waals surface area contributed by atoms with Crippen LogP contribution in [0.25, 0.3) is 11.0 Å². The Morgan fingerprint density at radius 2 is 2.27 bits per heavy atom. The van der Waals surface area contributed by atoms with E-state index in [1.807, 2.05) is 0 Å². The van der Waals surface area contributed by atoms with Gasteiger partial charge in [-0.1, -0.05) is 11.6 Å². The zero-order valence-corrected chi connectivity index (χ0v) is 8.92. The van der Waals surface area contributed by atoms with Gasteiger partial charge in [0.15, 0.2) is 0 Å². The monoisotopic (exact) mass is 225 g/mol. The lowest BCUT2D eigenvalue weighted by molar-refractivity contribution is 0.0595. The molecule has 2 aromatic heterocycles. The zero-order chi connectivity index (χ0) is 11.0. The van der Waals surface area contributed by atoms with Crippen LogP contribution in [0.3, 0.4) is 0 Å². The van der Waals surface area contributed by atoms with Crippen molar-refractivity contribution in [1.29, 1.82) is 0 Å². The summed E-state index contributed by atoms with van der Waals surface area (Å²) in [5.41, 5.74) is 0.849. The average Bonchev–Trinajstić information content (AvgIpc) is 2.60. The van der Waals surface area contributed by atoms with Crippen molar-refractivity contribution in [3.05, 3.63) is 22.7 Å². The number of carbonyl (C=O) groups excluding carboxylic acids is 1. The van der Waals surface area contributed by atoms with Gasteiger partial charge in [0.2, 0.25) is 0 Å². The molecule has 0 spiro atoms. The number of fused-ring (bicyclic) bond motifs is 1. The van der Waals surface area contributed by atoms with E-state index in [4.69, 9.17) is 11.6 Å². The van der Waals surface area contributed by atoms with Crippen molar-refractivity contribution in [2.45, 2.75) is 6.92 Å². The molecule has 0 aliphatic rings. The van der Waals surface area contributed by atoms with Crippen LogP contribution in [0.15, 0.2) is 6.07 Å². The van der Waals surface area contributed by atoms with Gasteiger partial charge in [0, 0.05) is 0 Å². The van der Waals surface area contributed by atoms with Crippen molar-refractivity contribution in [1.82, 2.24) is 15.0 Å². The fourth-order valence-electron chi connectivity index (χ4n) is 1.30. The van der Waals surface area contributed by atoms with Crippen LogP contribution in [0.5, 0.6) is 0 Å². The number of carbonyl (C=O) groups is 1. The molecule has 0 amide bonds. The molecule has 0 saturated heterocycles. The number of methoxy groups -OCH3 is 1. The first-order valence-corrected chi connectivity index (χ1v) is 4.61. The highest BCUT2D eigenvalue weighted by atomic mass is 35.5. The first kappa shape index (κ1) is 9.92. The molecule has 0 fully saturated rings. The van der Waals surface area contributed by atoms with Gasteiger partial charge >= 0.3 is 5.97 Å². The molecule has 0 radical (unpaired) electrons. The predicted octanol–water partition coefficient (Wildman–Crippen LogP) is 1.71. The second-order valence-corrected chi connectivity index (χ2v) is 3.36. The number of halogens is 1. The van der Waals surface area contributed by atoms with Gasteiger partial charge in [-0.25, -0.2) is 14.8 Å². The number of ether oxygens (including phenoxy) is 1. The highest BCUT2D eigenvalue weighted by Gasteiger charge is 2.13. The van der Waals surface area contributed by atoms with Gasteiger partial charge in [-0.2, -0.15) is 0 Å². The zero-order valence-electron chi connectivity index (χ0n) is 8.17. The standard InChI is InChI=1S/C9H8ClN3O2/c1-4-11-7(10)5-3-6(9(14)15-2)13-8(5)12-4/h3H,1-2H3,(H,11,12,13). The molecule has 0 aromatic carbocycles. The van der Waals surface area contributed by atoms with Crippen molar-refractivity contribution in [3.63, 3.8) is 0 Å². The molecule has 0 saturated carbocycles. The second kappa shape index (κ2) is 3.51. The minimum absolute atomic E-state index is 0.314. The van der Waals surface area contributed by atoms with Gasteiger partial charge in [-0.15, -0.1) is 0 Å². The van der Waals surface area contributed by atoms with Crippen LogP contribution in [0, 0.1) is 6.92 Å². The van der Waals surface area contributed by atoms with E-state index in [9.17, 15) is 4.79 Å². The van der Waals surface area contributed by atoms with Crippen molar-refractivity contribution in [2.75, 3.05) is 7.11 Å². The summed E-state index contributed by atoms with van der Waals surface area (Å²) in [6.07, 6.45) is 0. The molecule has 15 heavy (non-hydrogen) atoms. The molecule has 5 nitrogen and oxygen atoms in total. The minimum Gasteiger partial charge on any atom is -0.464 e. The Balaban J connectivity index is 2.65. The summed E-state index contributed by atoms with van der Waals surface area (Å²) in [6, 6.07) is 1.57. The van der Waals surface area contributed by atoms with Crippen LogP contribution < -0.4 is 0 Å². The Bertz CT molecular complexity index is 535. The molecule has 0 aliphatic carbocycles. The van der Waals surface area contributed by atoms with Gasteiger partial charge < -0.3 is 9.72 Å². The molecule has 2 rings (SSSR count). The molecule has 78 valence electrons. The van der Waals surface area contributed by atoms with E-state index in [2.05, 4.69) is 19.7 Å². The summed E-state index contributed by atoms with van der Waals surface area (Å²) in [5.74, 6) is 0.0903. The van der Waals surface area contributed by atoms with Crippen molar-refractivity contribution >= 4 is 28.6 Å². The number of nitrogens with one attached hydrogen (secondary N) is 1. The predicted molar refractivity (Wildman–Crippen MR) is 55.0 cm³/mol. The summed E-state index contributed by atoms with van der Waals surface area (Å²) in [7, 11) is 1.31. The van der Waals surface area contributed by atoms with E-state index in [1.54, 1.807) is 13.0 Å². The van der Waals surface area contributed by atoms with Gasteiger partial charge in [-0.05, 0) is 13.0 Å². The SMILES string of the molecule is COC(=O)c1cc2c(Cl)nc(C)nc2[nH]1. The van der Waals surface area contributed by atoms with Crippen LogP contribution >= 0.6 is 11.6 Å². The first-order valence-electron chi connectivity index (χ1n) is 4.23. The summed E-state index contributed by atoms with van der Waals surface area (Å²) >= 11 is 5.90. The van der Waals surface area contributed by atoms with Crippen LogP contribution in [-0.4, -0.2) is 28.0 Å². The van der Waals surface area contributed by atoms with Crippen LogP contribution in [-0.2, 0) is 4.74 Å². The summed E-state index contributed by atoms with van der Waals surface area (Å²) in [5, 5.41) is 0.937. The molecule has 2 aromatic rings. The van der Waals surface area contributed by atoms with Gasteiger partial charge in [-0.3, -0.25) is 0 Å². The Kier molecular flexibility index (Phi) is 2.32. The number of aromatic nitrogens is 3. The molecule has 0 bridgehead atoms. The minimum atomic E-state index is -0.457. The smallest absolute Gasteiger partial charge is 0.354 e. The second-order valence-electron chi connectivity index (χ2n) is 3.00. The highest BCUT2D eigenvalue weighted by Crippen LogP contribution is 2.21. The number of aryl methyl sites for hydroxylation is 1. The van der Waals surface area contributed by atoms with Crippen molar-refractivity contribution in [3.8, 4) is 0 Å². The van der Waals surface area contributed by atoms with Crippen LogP contribution in [0.4, 0.5) is 0 Å². The number of nitrogens with zero attached hydrogens (tertiary/aromatic N) is 2. The Morgan fingerprint density at radius 1 is 1.53 bits per heavy atom. The topological polar surface area (TPSA) is 67.9 Å². The van der Waals surface area contributed by atoms with Crippen LogP contribution in [0.1, 0.15) is 16.3 Å². The first-order chi connectivity index (χ1) is 7.11. The number of H-pyrrole nitrogens is 1. The summed E-state index contributed by atoms with van der Waals surface area (Å²) < 4.78 is 4.57. The highest BCUT2D eigenvalue weighted by molar-refractivity contribution is 6.34. The molecule has 2 heterocycles. The van der Waals surface area contributed by atoms with Crippen molar-refractivity contribution in [2.24, 2.45) is 0 Å². The maximum atomic E-state index is 11.2.